The number of aliphatic hydroxyl groups excluding tert-OH is 1. The first kappa shape index (κ1) is 39.9. The molecule has 57 heavy (non-hydrogen) atoms. The number of fused-ring (bicyclic) bond motifs is 2. The number of likely N-dealkylation sites (tertiary alicyclic amines) is 1. The first-order valence-corrected chi connectivity index (χ1v) is 19.9. The number of cyclic esters (lactones) is 1. The summed E-state index contributed by atoms with van der Waals surface area (Å²) < 4.78 is 18.9. The van der Waals surface area contributed by atoms with Crippen molar-refractivity contribution >= 4 is 35.1 Å². The van der Waals surface area contributed by atoms with Gasteiger partial charge in [-0.2, -0.15) is 0 Å². The van der Waals surface area contributed by atoms with Gasteiger partial charge in [0.2, 0.25) is 11.8 Å². The molecule has 12 nitrogen and oxygen atoms in total. The standard InChI is InChI=1S/C45H52N4O8/c1-4-47(5-2)32-21-23-33(24-22-32)48-26-14-25-45-39(42(52)49(41(45)43(48)53)34(28-50)27-30-15-8-6-9-16-30)38-36(57-45)19-12-13-20-37(51)46-35(29-55-3)40(56-44(38)54)31-17-10-7-11-18-31/h6-12,14-19,21-25,34-36,38-41,50H,4-5,13,20,26-29H2,1-3H3,(H,46,51)/b19-12-/t34-,35+,36+,38-,39-,40+,41+,45-/m1/s1. The number of benzene rings is 3. The number of aliphatic hydroxyl groups is 1. The molecular weight excluding hydrogens is 725 g/mol. The average molecular weight is 777 g/mol. The maximum Gasteiger partial charge on any atom is 0.313 e. The van der Waals surface area contributed by atoms with Gasteiger partial charge in [-0.3, -0.25) is 19.2 Å². The zero-order valence-corrected chi connectivity index (χ0v) is 32.7. The van der Waals surface area contributed by atoms with Gasteiger partial charge in [0.25, 0.3) is 5.91 Å². The van der Waals surface area contributed by atoms with E-state index in [0.717, 1.165) is 24.3 Å². The molecule has 0 saturated carbocycles. The van der Waals surface area contributed by atoms with Crippen LogP contribution in [-0.4, -0.2) is 103 Å². The number of rotatable bonds is 11. The van der Waals surface area contributed by atoms with Gasteiger partial charge in [0.05, 0.1) is 37.3 Å². The van der Waals surface area contributed by atoms with Gasteiger partial charge in [0, 0.05) is 44.5 Å². The van der Waals surface area contributed by atoms with Gasteiger partial charge in [0.1, 0.15) is 23.7 Å². The third kappa shape index (κ3) is 7.73. The molecule has 300 valence electrons. The fourth-order valence-corrected chi connectivity index (χ4v) is 9.02. The Bertz CT molecular complexity index is 1950. The predicted octanol–water partition coefficient (Wildman–Crippen LogP) is 4.39. The molecule has 4 aliphatic rings. The predicted molar refractivity (Wildman–Crippen MR) is 215 cm³/mol. The second-order valence-corrected chi connectivity index (χ2v) is 15.0. The highest BCUT2D eigenvalue weighted by Crippen LogP contribution is 2.54. The number of amides is 3. The summed E-state index contributed by atoms with van der Waals surface area (Å²) in [6.07, 6.45) is 5.95. The van der Waals surface area contributed by atoms with Gasteiger partial charge in [-0.1, -0.05) is 85.0 Å². The van der Waals surface area contributed by atoms with Crippen LogP contribution in [0.4, 0.5) is 11.4 Å². The monoisotopic (exact) mass is 776 g/mol. The Balaban J connectivity index is 1.33. The molecule has 3 amide bonds. The molecule has 2 N–H and O–H groups in total. The molecule has 2 fully saturated rings. The van der Waals surface area contributed by atoms with Crippen molar-refractivity contribution in [3.63, 3.8) is 0 Å². The Labute approximate surface area is 334 Å². The number of allylic oxidation sites excluding steroid dienone is 1. The lowest BCUT2D eigenvalue weighted by atomic mass is 9.77. The molecule has 3 aromatic carbocycles. The van der Waals surface area contributed by atoms with Crippen molar-refractivity contribution in [3.8, 4) is 0 Å². The van der Waals surface area contributed by atoms with Gasteiger partial charge in [-0.25, -0.2) is 0 Å². The van der Waals surface area contributed by atoms with E-state index in [1.807, 2.05) is 91.0 Å². The molecule has 0 aromatic heterocycles. The van der Waals surface area contributed by atoms with Crippen LogP contribution in [0, 0.1) is 11.8 Å². The largest absolute Gasteiger partial charge is 0.455 e. The fourth-order valence-electron chi connectivity index (χ4n) is 9.02. The normalized spacial score (nSPS) is 28.6. The van der Waals surface area contributed by atoms with Crippen LogP contribution in [0.3, 0.4) is 0 Å². The van der Waals surface area contributed by atoms with E-state index in [4.69, 9.17) is 14.2 Å². The third-order valence-corrected chi connectivity index (χ3v) is 11.7. The van der Waals surface area contributed by atoms with E-state index in [1.165, 1.54) is 12.0 Å². The molecule has 0 radical (unpaired) electrons. The third-order valence-electron chi connectivity index (χ3n) is 11.7. The van der Waals surface area contributed by atoms with Crippen LogP contribution < -0.4 is 15.1 Å². The van der Waals surface area contributed by atoms with Gasteiger partial charge >= 0.3 is 5.97 Å². The highest BCUT2D eigenvalue weighted by atomic mass is 16.6. The smallest absolute Gasteiger partial charge is 0.313 e. The summed E-state index contributed by atoms with van der Waals surface area (Å²) in [5.41, 5.74) is 1.60. The van der Waals surface area contributed by atoms with Crippen LogP contribution >= 0.6 is 0 Å². The maximum atomic E-state index is 15.3. The zero-order valence-electron chi connectivity index (χ0n) is 32.7. The lowest BCUT2D eigenvalue weighted by molar-refractivity contribution is -0.162. The number of hydrogen-bond donors (Lipinski definition) is 2. The molecule has 4 heterocycles. The van der Waals surface area contributed by atoms with Crippen molar-refractivity contribution in [3.05, 3.63) is 120 Å². The molecule has 0 bridgehead atoms. The van der Waals surface area contributed by atoms with Crippen molar-refractivity contribution in [1.29, 1.82) is 0 Å². The van der Waals surface area contributed by atoms with Crippen molar-refractivity contribution in [2.24, 2.45) is 11.8 Å². The Morgan fingerprint density at radius 2 is 1.63 bits per heavy atom. The zero-order chi connectivity index (χ0) is 40.1. The second-order valence-electron chi connectivity index (χ2n) is 15.0. The molecule has 7 rings (SSSR count). The highest BCUT2D eigenvalue weighted by Gasteiger charge is 2.72. The minimum absolute atomic E-state index is 0.0573. The topological polar surface area (TPSA) is 138 Å². The van der Waals surface area contributed by atoms with Crippen LogP contribution in [0.5, 0.6) is 0 Å². The Hall–Kier alpha value is -5.30. The van der Waals surface area contributed by atoms with E-state index in [9.17, 15) is 14.7 Å². The van der Waals surface area contributed by atoms with Crippen LogP contribution in [0.2, 0.25) is 0 Å². The van der Waals surface area contributed by atoms with Crippen LogP contribution in [-0.2, 0) is 39.8 Å². The number of carbonyl (C=O) groups is 4. The molecular formula is C45H52N4O8. The van der Waals surface area contributed by atoms with E-state index < -0.39 is 66.3 Å². The van der Waals surface area contributed by atoms with E-state index >= 15 is 9.59 Å². The number of ether oxygens (including phenoxy) is 3. The summed E-state index contributed by atoms with van der Waals surface area (Å²) in [5.74, 6) is -4.14. The number of nitrogens with zero attached hydrogens (tertiary/aromatic N) is 3. The van der Waals surface area contributed by atoms with E-state index in [1.54, 1.807) is 23.1 Å². The summed E-state index contributed by atoms with van der Waals surface area (Å²) in [5, 5.41) is 14.0. The van der Waals surface area contributed by atoms with Crippen molar-refractivity contribution in [2.45, 2.75) is 69.0 Å². The van der Waals surface area contributed by atoms with Gasteiger partial charge in [0.15, 0.2) is 0 Å². The second kappa shape index (κ2) is 17.5. The van der Waals surface area contributed by atoms with E-state index in [0.29, 0.717) is 17.7 Å². The van der Waals surface area contributed by atoms with Crippen LogP contribution in [0.25, 0.3) is 0 Å². The van der Waals surface area contributed by atoms with Crippen molar-refractivity contribution in [1.82, 2.24) is 10.2 Å². The quantitative estimate of drug-likeness (QED) is 0.215. The van der Waals surface area contributed by atoms with Crippen LogP contribution in [0.15, 0.2) is 109 Å². The van der Waals surface area contributed by atoms with Gasteiger partial charge in [-0.05, 0) is 62.1 Å². The van der Waals surface area contributed by atoms with Gasteiger partial charge < -0.3 is 39.3 Å². The molecule has 8 atom stereocenters. The number of hydrogen-bond acceptors (Lipinski definition) is 9. The summed E-state index contributed by atoms with van der Waals surface area (Å²) in [6.45, 7) is 5.66. The van der Waals surface area contributed by atoms with Gasteiger partial charge in [-0.15, -0.1) is 0 Å². The summed E-state index contributed by atoms with van der Waals surface area (Å²) in [4.78, 5) is 63.9. The Morgan fingerprint density at radius 1 is 0.930 bits per heavy atom. The van der Waals surface area contributed by atoms with Crippen molar-refractivity contribution < 1.29 is 38.5 Å². The Kier molecular flexibility index (Phi) is 12.2. The number of nitrogens with one attached hydrogen (secondary N) is 1. The minimum atomic E-state index is -1.59. The van der Waals surface area contributed by atoms with E-state index in [2.05, 4.69) is 24.1 Å². The van der Waals surface area contributed by atoms with E-state index in [-0.39, 0.29) is 37.8 Å². The van der Waals surface area contributed by atoms with Crippen molar-refractivity contribution in [2.75, 3.05) is 49.8 Å². The molecule has 0 aliphatic carbocycles. The lowest BCUT2D eigenvalue weighted by Crippen LogP contribution is -2.58. The summed E-state index contributed by atoms with van der Waals surface area (Å²) >= 11 is 0. The minimum Gasteiger partial charge on any atom is -0.455 e. The first-order valence-electron chi connectivity index (χ1n) is 19.9. The molecule has 2 saturated heterocycles. The summed E-state index contributed by atoms with van der Waals surface area (Å²) in [7, 11) is 1.51. The number of methoxy groups -OCH3 is 1. The molecule has 4 aliphatic heterocycles. The molecule has 0 unspecified atom stereocenters. The highest BCUT2D eigenvalue weighted by molar-refractivity contribution is 6.05. The maximum absolute atomic E-state index is 15.3. The number of esters is 1. The first-order chi connectivity index (χ1) is 27.7. The Morgan fingerprint density at radius 3 is 2.30 bits per heavy atom. The lowest BCUT2D eigenvalue weighted by Gasteiger charge is -2.38. The molecule has 3 aromatic rings. The molecule has 12 heteroatoms. The van der Waals surface area contributed by atoms with Crippen LogP contribution in [0.1, 0.15) is 43.9 Å². The SMILES string of the molecule is CCN(CC)c1ccc(N2CC=C[C@@]34O[C@H]5/C=C\CCC(=O)N[C@@H](COC)[C@H](c6ccccc6)OC(=O)[C@H]5[C@@H]3C(=O)N([C@@H](CO)Cc3ccccc3)[C@H]4C2=O)cc1. The number of carbonyl (C=O) groups excluding carboxylic acids is 4. The fraction of sp³-hybridized carbons (Fsp3) is 0.422. The summed E-state index contributed by atoms with van der Waals surface area (Å²) in [6, 6.07) is 23.6. The number of anilines is 2. The molecule has 1 spiro atoms. The average Bonchev–Trinajstić information content (AvgIpc) is 3.62.